The minimum absolute atomic E-state index is 0.358. The average molecular weight is 852 g/mol. The first-order chi connectivity index (χ1) is 32.4. The molecule has 0 bridgehead atoms. The predicted molar refractivity (Wildman–Crippen MR) is 267 cm³/mol. The number of nitriles is 1. The molecule has 0 aliphatic heterocycles. The smallest absolute Gasteiger partial charge is 0.159 e. The molecular formula is C60H42FN5. The first-order valence-corrected chi connectivity index (χ1v) is 22.1. The van der Waals surface area contributed by atoms with Crippen molar-refractivity contribution in [2.45, 2.75) is 19.3 Å². The Morgan fingerprint density at radius 2 is 1.03 bits per heavy atom. The molecule has 0 atom stereocenters. The number of para-hydroxylation sites is 2. The van der Waals surface area contributed by atoms with Crippen molar-refractivity contribution in [1.82, 2.24) is 9.97 Å². The topological polar surface area (TPSA) is 56.1 Å². The molecule has 11 rings (SSSR count). The van der Waals surface area contributed by atoms with E-state index in [4.69, 9.17) is 9.97 Å². The molecule has 66 heavy (non-hydrogen) atoms. The van der Waals surface area contributed by atoms with Crippen LogP contribution in [-0.4, -0.2) is 9.97 Å². The van der Waals surface area contributed by atoms with Crippen LogP contribution in [0.15, 0.2) is 219 Å². The van der Waals surface area contributed by atoms with Crippen LogP contribution in [0.5, 0.6) is 0 Å². The van der Waals surface area contributed by atoms with Gasteiger partial charge in [0.25, 0.3) is 0 Å². The molecule has 0 saturated heterocycles. The van der Waals surface area contributed by atoms with Crippen molar-refractivity contribution in [2.75, 3.05) is 9.80 Å². The molecule has 9 aromatic carbocycles. The molecule has 1 aliphatic carbocycles. The third-order valence-corrected chi connectivity index (χ3v) is 12.8. The fourth-order valence-electron chi connectivity index (χ4n) is 9.61. The lowest BCUT2D eigenvalue weighted by molar-refractivity contribution is 0.629. The maximum Gasteiger partial charge on any atom is 0.159 e. The van der Waals surface area contributed by atoms with Crippen molar-refractivity contribution in [3.63, 3.8) is 0 Å². The summed E-state index contributed by atoms with van der Waals surface area (Å²) in [6, 6.07) is 71.4. The number of halogens is 1. The summed E-state index contributed by atoms with van der Waals surface area (Å²) in [6.45, 7) is 4.58. The third-order valence-electron chi connectivity index (χ3n) is 12.8. The Balaban J connectivity index is 1.01. The SMILES string of the molecule is CC1(C)c2cc(-c3ncc(N(c4ccccc4)c4c(F)cc(-c5ccccc5)cc4-c4ccccc4)cn3)ccc2-c2c1cc(N(c1ccccc1)c1ccc(C#N)cc1)c1ccccc21. The Kier molecular flexibility index (Phi) is 10.0. The Morgan fingerprint density at radius 3 is 1.67 bits per heavy atom. The molecule has 5 nitrogen and oxygen atoms in total. The van der Waals surface area contributed by atoms with E-state index >= 15 is 4.39 Å². The van der Waals surface area contributed by atoms with Crippen LogP contribution in [0.3, 0.4) is 0 Å². The van der Waals surface area contributed by atoms with Gasteiger partial charge in [-0.25, -0.2) is 14.4 Å². The highest BCUT2D eigenvalue weighted by Gasteiger charge is 2.38. The van der Waals surface area contributed by atoms with Gasteiger partial charge in [0.05, 0.1) is 41.1 Å². The summed E-state index contributed by atoms with van der Waals surface area (Å²) in [4.78, 5) is 14.2. The number of fused-ring (bicyclic) bond motifs is 5. The summed E-state index contributed by atoms with van der Waals surface area (Å²) in [5.41, 5.74) is 14.2. The molecule has 1 aromatic heterocycles. The predicted octanol–water partition coefficient (Wildman–Crippen LogP) is 15.9. The van der Waals surface area contributed by atoms with E-state index < -0.39 is 0 Å². The lowest BCUT2D eigenvalue weighted by atomic mass is 9.81. The Bertz CT molecular complexity index is 3440. The molecule has 314 valence electrons. The summed E-state index contributed by atoms with van der Waals surface area (Å²) < 4.78 is 17.0. The van der Waals surface area contributed by atoms with Crippen molar-refractivity contribution < 1.29 is 4.39 Å². The number of benzene rings is 9. The summed E-state index contributed by atoms with van der Waals surface area (Å²) in [5.74, 6) is 0.217. The van der Waals surface area contributed by atoms with Crippen LogP contribution in [0.1, 0.15) is 30.5 Å². The van der Waals surface area contributed by atoms with Gasteiger partial charge < -0.3 is 9.80 Å². The number of aromatic nitrogens is 2. The molecule has 1 heterocycles. The zero-order valence-corrected chi connectivity index (χ0v) is 36.4. The van der Waals surface area contributed by atoms with E-state index in [0.29, 0.717) is 22.8 Å². The van der Waals surface area contributed by atoms with Gasteiger partial charge in [0.2, 0.25) is 0 Å². The van der Waals surface area contributed by atoms with E-state index in [1.807, 2.05) is 126 Å². The second-order valence-electron chi connectivity index (χ2n) is 17.1. The monoisotopic (exact) mass is 851 g/mol. The Labute approximate surface area is 384 Å². The number of hydrogen-bond donors (Lipinski definition) is 0. The first-order valence-electron chi connectivity index (χ1n) is 22.1. The zero-order valence-electron chi connectivity index (χ0n) is 36.4. The molecule has 0 spiro atoms. The van der Waals surface area contributed by atoms with Crippen LogP contribution in [0.2, 0.25) is 0 Å². The lowest BCUT2D eigenvalue weighted by Gasteiger charge is -2.30. The molecule has 0 saturated carbocycles. The fraction of sp³-hybridized carbons (Fsp3) is 0.0500. The minimum Gasteiger partial charge on any atom is -0.310 e. The van der Waals surface area contributed by atoms with Crippen LogP contribution < -0.4 is 9.80 Å². The van der Waals surface area contributed by atoms with Gasteiger partial charge in [-0.1, -0.05) is 147 Å². The third kappa shape index (κ3) is 6.95. The summed E-state index contributed by atoms with van der Waals surface area (Å²) in [5, 5.41) is 11.9. The Morgan fingerprint density at radius 1 is 0.470 bits per heavy atom. The summed E-state index contributed by atoms with van der Waals surface area (Å²) >= 11 is 0. The van der Waals surface area contributed by atoms with Crippen LogP contribution in [0.4, 0.5) is 38.5 Å². The van der Waals surface area contributed by atoms with E-state index in [9.17, 15) is 5.26 Å². The van der Waals surface area contributed by atoms with Crippen molar-refractivity contribution in [1.29, 1.82) is 5.26 Å². The molecule has 0 N–H and O–H groups in total. The van der Waals surface area contributed by atoms with Crippen molar-refractivity contribution in [3.8, 4) is 50.8 Å². The molecule has 0 radical (unpaired) electrons. The van der Waals surface area contributed by atoms with Gasteiger partial charge in [0.1, 0.15) is 5.82 Å². The average Bonchev–Trinajstić information content (AvgIpc) is 3.61. The summed E-state index contributed by atoms with van der Waals surface area (Å²) in [7, 11) is 0. The molecule has 10 aromatic rings. The van der Waals surface area contributed by atoms with Crippen LogP contribution in [-0.2, 0) is 5.41 Å². The molecule has 1 aliphatic rings. The Hall–Kier alpha value is -8.66. The highest BCUT2D eigenvalue weighted by Crippen LogP contribution is 2.55. The van der Waals surface area contributed by atoms with E-state index in [2.05, 4.69) is 104 Å². The molecule has 0 amide bonds. The number of anilines is 6. The van der Waals surface area contributed by atoms with Gasteiger partial charge in [0, 0.05) is 39.0 Å². The highest BCUT2D eigenvalue weighted by atomic mass is 19.1. The van der Waals surface area contributed by atoms with Gasteiger partial charge in [-0.05, 0) is 117 Å². The van der Waals surface area contributed by atoms with E-state index in [-0.39, 0.29) is 11.2 Å². The molecule has 0 fully saturated rings. The second kappa shape index (κ2) is 16.5. The number of hydrogen-bond acceptors (Lipinski definition) is 5. The zero-order chi connectivity index (χ0) is 44.8. The standard InChI is InChI=1S/C60H42FN5/c1-60(2)53-34-43(29-32-51(53)57-50-26-16-15-25-49(50)56(36-54(57)60)65(45-21-11-5-12-22-45)47-30-27-40(37-62)28-31-47)59-63-38-48(39-64-59)66(46-23-13-6-14-24-46)58-52(42-19-9-4-10-20-42)33-44(35-55(58)61)41-17-7-3-8-18-41/h3-36,38-39H,1-2H3. The largest absolute Gasteiger partial charge is 0.310 e. The van der Waals surface area contributed by atoms with E-state index in [1.165, 1.54) is 27.6 Å². The fourth-order valence-corrected chi connectivity index (χ4v) is 9.61. The van der Waals surface area contributed by atoms with Crippen molar-refractivity contribution >= 4 is 44.9 Å². The number of nitrogens with zero attached hydrogens (tertiary/aromatic N) is 5. The van der Waals surface area contributed by atoms with Crippen LogP contribution >= 0.6 is 0 Å². The van der Waals surface area contributed by atoms with Crippen LogP contribution in [0.25, 0.3) is 55.5 Å². The normalized spacial score (nSPS) is 12.3. The van der Waals surface area contributed by atoms with E-state index in [1.54, 1.807) is 18.5 Å². The molecule has 0 unspecified atom stereocenters. The van der Waals surface area contributed by atoms with Crippen LogP contribution in [0, 0.1) is 17.1 Å². The van der Waals surface area contributed by atoms with Gasteiger partial charge in [-0.3, -0.25) is 0 Å². The van der Waals surface area contributed by atoms with Gasteiger partial charge in [0.15, 0.2) is 5.82 Å². The minimum atomic E-state index is -0.381. The summed E-state index contributed by atoms with van der Waals surface area (Å²) in [6.07, 6.45) is 3.59. The first kappa shape index (κ1) is 40.1. The molecule has 6 heteroatoms. The van der Waals surface area contributed by atoms with Crippen molar-refractivity contribution in [3.05, 3.63) is 241 Å². The van der Waals surface area contributed by atoms with Gasteiger partial charge >= 0.3 is 0 Å². The van der Waals surface area contributed by atoms with E-state index in [0.717, 1.165) is 56.0 Å². The molecular weight excluding hydrogens is 810 g/mol. The van der Waals surface area contributed by atoms with Gasteiger partial charge in [-0.15, -0.1) is 0 Å². The van der Waals surface area contributed by atoms with Gasteiger partial charge in [-0.2, -0.15) is 5.26 Å². The number of rotatable bonds is 9. The maximum absolute atomic E-state index is 17.0. The van der Waals surface area contributed by atoms with Crippen molar-refractivity contribution in [2.24, 2.45) is 0 Å². The quantitative estimate of drug-likeness (QED) is 0.145. The maximum atomic E-state index is 17.0. The second-order valence-corrected chi connectivity index (χ2v) is 17.1. The lowest BCUT2D eigenvalue weighted by Crippen LogP contribution is -2.17. The highest BCUT2D eigenvalue weighted by molar-refractivity contribution is 6.10.